The fourth-order valence-electron chi connectivity index (χ4n) is 2.79. The van der Waals surface area contributed by atoms with Crippen molar-refractivity contribution in [3.8, 4) is 0 Å². The van der Waals surface area contributed by atoms with E-state index in [1.54, 1.807) is 11.3 Å². The summed E-state index contributed by atoms with van der Waals surface area (Å²) in [5.74, 6) is 8.49. The largest absolute Gasteiger partial charge is 0.356 e. The van der Waals surface area contributed by atoms with Crippen molar-refractivity contribution in [3.05, 3.63) is 10.9 Å². The molecule has 0 aromatic carbocycles. The minimum absolute atomic E-state index is 0.501. The number of anilines is 2. The van der Waals surface area contributed by atoms with Gasteiger partial charge in [-0.2, -0.15) is 4.98 Å². The Bertz CT molecular complexity index is 623. The van der Waals surface area contributed by atoms with Crippen LogP contribution in [0.4, 0.5) is 11.8 Å². The summed E-state index contributed by atoms with van der Waals surface area (Å²) in [7, 11) is 0. The van der Waals surface area contributed by atoms with Gasteiger partial charge >= 0.3 is 0 Å². The lowest BCUT2D eigenvalue weighted by Gasteiger charge is -2.36. The zero-order valence-corrected chi connectivity index (χ0v) is 13.0. The van der Waals surface area contributed by atoms with E-state index >= 15 is 0 Å². The summed E-state index contributed by atoms with van der Waals surface area (Å²) < 4.78 is 0. The standard InChI is InChI=1S/C14H21N5S/c1-8-4-5-19(7-9(8)2)12-11-6-10(3)20-13(11)17-14(16-12)18-15/h6,8-9H,4-5,7,15H2,1-3H3,(H,16,17,18). The van der Waals surface area contributed by atoms with Crippen LogP contribution in [0.25, 0.3) is 10.2 Å². The van der Waals surface area contributed by atoms with Gasteiger partial charge in [0.05, 0.1) is 5.39 Å². The second-order valence-corrected chi connectivity index (χ2v) is 7.02. The van der Waals surface area contributed by atoms with Crippen LogP contribution in [0.5, 0.6) is 0 Å². The lowest BCUT2D eigenvalue weighted by atomic mass is 9.88. The third-order valence-electron chi connectivity index (χ3n) is 4.26. The number of nitrogen functional groups attached to an aromatic ring is 1. The zero-order valence-electron chi connectivity index (χ0n) is 12.2. The smallest absolute Gasteiger partial charge is 0.240 e. The molecule has 108 valence electrons. The molecule has 0 spiro atoms. The van der Waals surface area contributed by atoms with Gasteiger partial charge in [0.2, 0.25) is 5.95 Å². The fraction of sp³-hybridized carbons (Fsp3) is 0.571. The Balaban J connectivity index is 2.05. The molecular weight excluding hydrogens is 270 g/mol. The summed E-state index contributed by atoms with van der Waals surface area (Å²) in [5.41, 5.74) is 2.59. The molecule has 6 heteroatoms. The van der Waals surface area contributed by atoms with Crippen molar-refractivity contribution < 1.29 is 0 Å². The van der Waals surface area contributed by atoms with Gasteiger partial charge in [0, 0.05) is 18.0 Å². The van der Waals surface area contributed by atoms with Crippen LogP contribution in [-0.4, -0.2) is 23.1 Å². The van der Waals surface area contributed by atoms with Crippen molar-refractivity contribution in [3.63, 3.8) is 0 Å². The summed E-state index contributed by atoms with van der Waals surface area (Å²) in [6.45, 7) is 8.85. The minimum Gasteiger partial charge on any atom is -0.356 e. The number of hydrogen-bond donors (Lipinski definition) is 2. The number of hydrazine groups is 1. The molecule has 3 heterocycles. The number of piperidine rings is 1. The van der Waals surface area contributed by atoms with Crippen LogP contribution in [0.15, 0.2) is 6.07 Å². The molecule has 2 unspecified atom stereocenters. The Hall–Kier alpha value is -1.40. The van der Waals surface area contributed by atoms with Crippen LogP contribution >= 0.6 is 11.3 Å². The van der Waals surface area contributed by atoms with Gasteiger partial charge in [-0.1, -0.05) is 13.8 Å². The summed E-state index contributed by atoms with van der Waals surface area (Å²) in [6, 6.07) is 2.18. The minimum atomic E-state index is 0.501. The Morgan fingerprint density at radius 3 is 2.85 bits per heavy atom. The number of aryl methyl sites for hydroxylation is 1. The molecule has 5 nitrogen and oxygen atoms in total. The number of aromatic nitrogens is 2. The van der Waals surface area contributed by atoms with E-state index < -0.39 is 0 Å². The molecule has 0 amide bonds. The summed E-state index contributed by atoms with van der Waals surface area (Å²) in [6.07, 6.45) is 1.21. The normalized spacial score (nSPS) is 23.3. The lowest BCUT2D eigenvalue weighted by Crippen LogP contribution is -2.39. The van der Waals surface area contributed by atoms with E-state index in [2.05, 4.69) is 47.1 Å². The van der Waals surface area contributed by atoms with Crippen molar-refractivity contribution in [2.75, 3.05) is 23.4 Å². The number of rotatable bonds is 2. The van der Waals surface area contributed by atoms with E-state index in [0.29, 0.717) is 11.9 Å². The Morgan fingerprint density at radius 2 is 2.15 bits per heavy atom. The van der Waals surface area contributed by atoms with Gasteiger partial charge in [0.1, 0.15) is 10.6 Å². The molecule has 3 rings (SSSR count). The van der Waals surface area contributed by atoms with Crippen molar-refractivity contribution in [2.45, 2.75) is 27.2 Å². The molecule has 1 aliphatic rings. The highest BCUT2D eigenvalue weighted by Crippen LogP contribution is 2.34. The maximum atomic E-state index is 5.51. The van der Waals surface area contributed by atoms with Crippen LogP contribution in [0.3, 0.4) is 0 Å². The maximum Gasteiger partial charge on any atom is 0.240 e. The Morgan fingerprint density at radius 1 is 1.35 bits per heavy atom. The number of hydrogen-bond acceptors (Lipinski definition) is 6. The molecule has 2 atom stereocenters. The van der Waals surface area contributed by atoms with Gasteiger partial charge in [0.15, 0.2) is 0 Å². The van der Waals surface area contributed by atoms with Gasteiger partial charge in [-0.15, -0.1) is 11.3 Å². The van der Waals surface area contributed by atoms with Crippen molar-refractivity contribution >= 4 is 33.3 Å². The highest BCUT2D eigenvalue weighted by molar-refractivity contribution is 7.18. The fourth-order valence-corrected chi connectivity index (χ4v) is 3.66. The molecule has 2 aromatic heterocycles. The van der Waals surface area contributed by atoms with Gasteiger partial charge in [-0.3, -0.25) is 5.43 Å². The van der Waals surface area contributed by atoms with Crippen LogP contribution in [0, 0.1) is 18.8 Å². The second kappa shape index (κ2) is 5.18. The SMILES string of the molecule is Cc1cc2c(N3CCC(C)C(C)C3)nc(NN)nc2s1. The summed E-state index contributed by atoms with van der Waals surface area (Å²) in [4.78, 5) is 13.7. The van der Waals surface area contributed by atoms with Gasteiger partial charge in [-0.25, -0.2) is 10.8 Å². The predicted molar refractivity (Wildman–Crippen MR) is 85.1 cm³/mol. The molecular formula is C14H21N5S. The molecule has 20 heavy (non-hydrogen) atoms. The highest BCUT2D eigenvalue weighted by atomic mass is 32.1. The van der Waals surface area contributed by atoms with Gasteiger partial charge < -0.3 is 4.90 Å². The van der Waals surface area contributed by atoms with E-state index in [4.69, 9.17) is 5.84 Å². The van der Waals surface area contributed by atoms with Crippen LogP contribution in [0.2, 0.25) is 0 Å². The molecule has 1 saturated heterocycles. The molecule has 1 aliphatic heterocycles. The van der Waals surface area contributed by atoms with Crippen molar-refractivity contribution in [1.29, 1.82) is 0 Å². The predicted octanol–water partition coefficient (Wildman–Crippen LogP) is 2.77. The van der Waals surface area contributed by atoms with E-state index in [-0.39, 0.29) is 0 Å². The first-order valence-corrected chi connectivity index (χ1v) is 7.90. The number of thiophene rings is 1. The monoisotopic (exact) mass is 291 g/mol. The molecule has 0 bridgehead atoms. The van der Waals surface area contributed by atoms with Crippen molar-refractivity contribution in [2.24, 2.45) is 17.7 Å². The third kappa shape index (κ3) is 2.33. The quantitative estimate of drug-likeness (QED) is 0.658. The molecule has 2 aromatic rings. The number of nitrogens with zero attached hydrogens (tertiary/aromatic N) is 3. The first-order chi connectivity index (χ1) is 9.58. The molecule has 0 saturated carbocycles. The van der Waals surface area contributed by atoms with Crippen LogP contribution in [0.1, 0.15) is 25.1 Å². The van der Waals surface area contributed by atoms with E-state index in [9.17, 15) is 0 Å². The zero-order chi connectivity index (χ0) is 14.3. The average molecular weight is 291 g/mol. The van der Waals surface area contributed by atoms with E-state index in [1.807, 2.05) is 0 Å². The summed E-state index contributed by atoms with van der Waals surface area (Å²) >= 11 is 1.69. The Kier molecular flexibility index (Phi) is 3.52. The third-order valence-corrected chi connectivity index (χ3v) is 5.20. The molecule has 1 fully saturated rings. The van der Waals surface area contributed by atoms with E-state index in [0.717, 1.165) is 35.0 Å². The maximum absolute atomic E-state index is 5.51. The highest BCUT2D eigenvalue weighted by Gasteiger charge is 2.25. The van der Waals surface area contributed by atoms with Crippen LogP contribution < -0.4 is 16.2 Å². The summed E-state index contributed by atoms with van der Waals surface area (Å²) in [5, 5.41) is 1.15. The number of nitrogens with one attached hydrogen (secondary N) is 1. The molecule has 0 aliphatic carbocycles. The Labute approximate surface area is 123 Å². The topological polar surface area (TPSA) is 67.1 Å². The molecule has 3 N–H and O–H groups in total. The second-order valence-electron chi connectivity index (χ2n) is 5.78. The van der Waals surface area contributed by atoms with Gasteiger partial charge in [0.25, 0.3) is 0 Å². The first kappa shape index (κ1) is 13.6. The van der Waals surface area contributed by atoms with E-state index in [1.165, 1.54) is 11.3 Å². The van der Waals surface area contributed by atoms with Crippen LogP contribution in [-0.2, 0) is 0 Å². The number of fused-ring (bicyclic) bond motifs is 1. The average Bonchev–Trinajstić information content (AvgIpc) is 2.80. The first-order valence-electron chi connectivity index (χ1n) is 7.08. The number of nitrogens with two attached hydrogens (primary N) is 1. The van der Waals surface area contributed by atoms with Crippen molar-refractivity contribution in [1.82, 2.24) is 9.97 Å². The van der Waals surface area contributed by atoms with Gasteiger partial charge in [-0.05, 0) is 31.2 Å². The lowest BCUT2D eigenvalue weighted by molar-refractivity contribution is 0.323. The molecule has 0 radical (unpaired) electrons.